The fourth-order valence-electron chi connectivity index (χ4n) is 2.98. The Morgan fingerprint density at radius 1 is 0.594 bits per heavy atom. The zero-order valence-corrected chi connectivity index (χ0v) is 20.6. The minimum absolute atomic E-state index is 0.445. The molecule has 2 nitrogen and oxygen atoms in total. The van der Waals surface area contributed by atoms with Gasteiger partial charge in [0.1, 0.15) is 0 Å². The van der Waals surface area contributed by atoms with Gasteiger partial charge in [0.15, 0.2) is 11.4 Å². The molecule has 0 aliphatic heterocycles. The van der Waals surface area contributed by atoms with Crippen molar-refractivity contribution >= 4 is 11.4 Å². The van der Waals surface area contributed by atoms with Crippen LogP contribution in [0, 0.1) is 20.1 Å². The number of hydrogen-bond acceptors (Lipinski definition) is 0. The van der Waals surface area contributed by atoms with Crippen LogP contribution in [0.2, 0.25) is 0 Å². The number of hydrogen-bond donors (Lipinski definition) is 0. The first kappa shape index (κ1) is 26.7. The molecule has 0 amide bonds. The first-order chi connectivity index (χ1) is 15.2. The van der Waals surface area contributed by atoms with Crippen LogP contribution in [0.25, 0.3) is 9.69 Å². The molecule has 3 aromatic carbocycles. The monoisotopic (exact) mass is 424 g/mol. The maximum Gasteiger partial charge on any atom is 0.190 e. The molecule has 0 saturated heterocycles. The minimum atomic E-state index is 0.445. The summed E-state index contributed by atoms with van der Waals surface area (Å²) in [5.41, 5.74) is 6.65. The SMILES string of the molecule is Cc1ccc(C(C)C)cc1.[C-]#[N+]c1cccc(C(C)C)c1.[C-]#[N+]c1ccccc1C(C)C. The van der Waals surface area contributed by atoms with Crippen molar-refractivity contribution in [2.75, 3.05) is 0 Å². The summed E-state index contributed by atoms with van der Waals surface area (Å²) < 4.78 is 0. The zero-order chi connectivity index (χ0) is 24.1. The van der Waals surface area contributed by atoms with Crippen molar-refractivity contribution in [2.45, 2.75) is 66.2 Å². The molecule has 0 N–H and O–H groups in total. The minimum Gasteiger partial charge on any atom is -0.238 e. The average Bonchev–Trinajstić information content (AvgIpc) is 2.80. The van der Waals surface area contributed by atoms with E-state index in [4.69, 9.17) is 13.1 Å². The fraction of sp³-hybridized carbons (Fsp3) is 0.333. The van der Waals surface area contributed by atoms with Gasteiger partial charge in [-0.05, 0) is 35.8 Å². The van der Waals surface area contributed by atoms with Gasteiger partial charge in [-0.1, -0.05) is 125 Å². The molecule has 2 heteroatoms. The van der Waals surface area contributed by atoms with Crippen LogP contribution in [0.5, 0.6) is 0 Å². The predicted molar refractivity (Wildman–Crippen MR) is 139 cm³/mol. The predicted octanol–water partition coefficient (Wildman–Crippen LogP) is 9.84. The Morgan fingerprint density at radius 3 is 1.66 bits per heavy atom. The third kappa shape index (κ3) is 9.20. The van der Waals surface area contributed by atoms with Crippen LogP contribution >= 0.6 is 0 Å². The summed E-state index contributed by atoms with van der Waals surface area (Å²) in [6, 6.07) is 24.2. The number of nitrogens with zero attached hydrogens (tertiary/aromatic N) is 2. The Balaban J connectivity index is 0.000000240. The average molecular weight is 425 g/mol. The first-order valence-corrected chi connectivity index (χ1v) is 11.2. The molecule has 0 atom stereocenters. The smallest absolute Gasteiger partial charge is 0.190 e. The topological polar surface area (TPSA) is 8.72 Å². The van der Waals surface area contributed by atoms with Crippen LogP contribution in [-0.4, -0.2) is 0 Å². The van der Waals surface area contributed by atoms with Crippen molar-refractivity contribution in [2.24, 2.45) is 0 Å². The van der Waals surface area contributed by atoms with Crippen molar-refractivity contribution in [1.29, 1.82) is 0 Å². The molecule has 0 fully saturated rings. The standard InChI is InChI=1S/2C10H11N.C10H14/c1-8(2)9-5-4-6-10(7-9)11-3;1-8(2)9-6-4-5-7-10(9)11-3;1-8(2)10-6-4-9(3)5-7-10/h2*4-8H,1-2H3;4-8H,1-3H3. The van der Waals surface area contributed by atoms with Gasteiger partial charge in [-0.25, -0.2) is 9.69 Å². The largest absolute Gasteiger partial charge is 0.238 e. The second-order valence-corrected chi connectivity index (χ2v) is 8.75. The number of para-hydroxylation sites is 1. The van der Waals surface area contributed by atoms with E-state index in [1.165, 1.54) is 16.7 Å². The summed E-state index contributed by atoms with van der Waals surface area (Å²) in [6.45, 7) is 28.7. The van der Waals surface area contributed by atoms with E-state index in [0.717, 1.165) is 16.9 Å². The molecule has 0 heterocycles. The van der Waals surface area contributed by atoms with E-state index in [2.05, 4.69) is 88.5 Å². The van der Waals surface area contributed by atoms with Crippen LogP contribution < -0.4 is 0 Å². The van der Waals surface area contributed by atoms with E-state index in [9.17, 15) is 0 Å². The van der Waals surface area contributed by atoms with E-state index >= 15 is 0 Å². The Morgan fingerprint density at radius 2 is 1.19 bits per heavy atom. The highest BCUT2D eigenvalue weighted by Crippen LogP contribution is 2.25. The molecule has 0 aliphatic rings. The van der Waals surface area contributed by atoms with Crippen LogP contribution in [0.15, 0.2) is 72.8 Å². The van der Waals surface area contributed by atoms with Gasteiger partial charge in [0.2, 0.25) is 0 Å². The van der Waals surface area contributed by atoms with E-state index in [1.807, 2.05) is 42.5 Å². The molecule has 166 valence electrons. The molecule has 0 spiro atoms. The molecule has 3 rings (SSSR count). The van der Waals surface area contributed by atoms with Crippen LogP contribution in [0.1, 0.15) is 81.5 Å². The van der Waals surface area contributed by atoms with Crippen molar-refractivity contribution in [3.05, 3.63) is 118 Å². The van der Waals surface area contributed by atoms with Gasteiger partial charge in [0.25, 0.3) is 0 Å². The second-order valence-electron chi connectivity index (χ2n) is 8.75. The highest BCUT2D eigenvalue weighted by Gasteiger charge is 2.03. The zero-order valence-electron chi connectivity index (χ0n) is 20.6. The normalized spacial score (nSPS) is 9.88. The molecule has 0 bridgehead atoms. The molecule has 0 aliphatic carbocycles. The van der Waals surface area contributed by atoms with E-state index < -0.39 is 0 Å². The van der Waals surface area contributed by atoms with Crippen LogP contribution in [0.3, 0.4) is 0 Å². The molecule has 0 saturated carbocycles. The Labute approximate surface area is 195 Å². The highest BCUT2D eigenvalue weighted by atomic mass is 14.6. The summed E-state index contributed by atoms with van der Waals surface area (Å²) >= 11 is 0. The molecular weight excluding hydrogens is 388 g/mol. The fourth-order valence-corrected chi connectivity index (χ4v) is 2.98. The summed E-state index contributed by atoms with van der Waals surface area (Å²) in [6.07, 6.45) is 0. The third-order valence-corrected chi connectivity index (χ3v) is 5.09. The van der Waals surface area contributed by atoms with Gasteiger partial charge in [-0.2, -0.15) is 0 Å². The van der Waals surface area contributed by atoms with Crippen molar-refractivity contribution in [3.63, 3.8) is 0 Å². The van der Waals surface area contributed by atoms with Crippen molar-refractivity contribution in [3.8, 4) is 0 Å². The van der Waals surface area contributed by atoms with Gasteiger partial charge >= 0.3 is 0 Å². The lowest BCUT2D eigenvalue weighted by molar-refractivity contribution is 0.866. The molecule has 0 unspecified atom stereocenters. The first-order valence-electron chi connectivity index (χ1n) is 11.2. The van der Waals surface area contributed by atoms with Gasteiger partial charge in [-0.15, -0.1) is 0 Å². The van der Waals surface area contributed by atoms with Gasteiger partial charge < -0.3 is 0 Å². The lowest BCUT2D eigenvalue weighted by Gasteiger charge is -2.05. The van der Waals surface area contributed by atoms with Gasteiger partial charge in [-0.3, -0.25) is 0 Å². The molecule has 0 aromatic heterocycles. The maximum atomic E-state index is 6.90. The van der Waals surface area contributed by atoms with Crippen LogP contribution in [-0.2, 0) is 0 Å². The van der Waals surface area contributed by atoms with Gasteiger partial charge in [0, 0.05) is 0 Å². The molecule has 32 heavy (non-hydrogen) atoms. The van der Waals surface area contributed by atoms with Crippen LogP contribution in [0.4, 0.5) is 11.4 Å². The van der Waals surface area contributed by atoms with E-state index in [-0.39, 0.29) is 0 Å². The summed E-state index contributed by atoms with van der Waals surface area (Å²) in [5.74, 6) is 1.61. The van der Waals surface area contributed by atoms with E-state index in [1.54, 1.807) is 0 Å². The third-order valence-electron chi connectivity index (χ3n) is 5.09. The maximum absolute atomic E-state index is 6.90. The quantitative estimate of drug-likeness (QED) is 0.370. The second kappa shape index (κ2) is 13.8. The molecule has 0 radical (unpaired) electrons. The van der Waals surface area contributed by atoms with E-state index in [0.29, 0.717) is 17.8 Å². The summed E-state index contributed by atoms with van der Waals surface area (Å²) in [5, 5.41) is 0. The summed E-state index contributed by atoms with van der Waals surface area (Å²) in [4.78, 5) is 6.81. The van der Waals surface area contributed by atoms with Gasteiger partial charge in [0.05, 0.1) is 13.1 Å². The Hall–Kier alpha value is -3.36. The molecule has 3 aromatic rings. The lowest BCUT2D eigenvalue weighted by atomic mass is 10.0. The number of benzene rings is 3. The summed E-state index contributed by atoms with van der Waals surface area (Å²) in [7, 11) is 0. The Kier molecular flexibility index (Phi) is 11.5. The lowest BCUT2D eigenvalue weighted by Crippen LogP contribution is -1.85. The Bertz CT molecular complexity index is 1030. The highest BCUT2D eigenvalue weighted by molar-refractivity contribution is 5.53. The number of aryl methyl sites for hydroxylation is 1. The van der Waals surface area contributed by atoms with Crippen molar-refractivity contribution < 1.29 is 0 Å². The molecular formula is C30H36N2. The number of rotatable bonds is 3. The van der Waals surface area contributed by atoms with Crippen molar-refractivity contribution in [1.82, 2.24) is 0 Å².